The predicted molar refractivity (Wildman–Crippen MR) is 65.0 cm³/mol. The lowest BCUT2D eigenvalue weighted by molar-refractivity contribution is 0.386. The minimum Gasteiger partial charge on any atom is -0.494 e. The summed E-state index contributed by atoms with van der Waals surface area (Å²) in [7, 11) is 1.41. The molecule has 0 saturated carbocycles. The van der Waals surface area contributed by atoms with Crippen molar-refractivity contribution in [1.82, 2.24) is 10.1 Å². The van der Waals surface area contributed by atoms with Gasteiger partial charge in [-0.25, -0.2) is 4.39 Å². The van der Waals surface area contributed by atoms with E-state index < -0.39 is 5.82 Å². The number of hydrogen-bond donors (Lipinski definition) is 1. The Kier molecular flexibility index (Phi) is 3.76. The minimum absolute atomic E-state index is 0.153. The Morgan fingerprint density at radius 3 is 3.00 bits per heavy atom. The van der Waals surface area contributed by atoms with E-state index in [2.05, 4.69) is 15.5 Å². The van der Waals surface area contributed by atoms with Gasteiger partial charge in [0.2, 0.25) is 5.82 Å². The van der Waals surface area contributed by atoms with Crippen molar-refractivity contribution in [3.8, 4) is 17.1 Å². The van der Waals surface area contributed by atoms with E-state index in [9.17, 15) is 4.39 Å². The molecule has 0 aliphatic carbocycles. The Morgan fingerprint density at radius 1 is 1.44 bits per heavy atom. The summed E-state index contributed by atoms with van der Waals surface area (Å²) in [6.45, 7) is 2.80. The third-order valence-electron chi connectivity index (χ3n) is 2.36. The SMILES string of the molecule is CCCNc1nc(-c2ccc(F)c(OC)c2)no1. The van der Waals surface area contributed by atoms with Gasteiger partial charge in [0, 0.05) is 12.1 Å². The summed E-state index contributed by atoms with van der Waals surface area (Å²) in [4.78, 5) is 4.16. The Labute approximate surface area is 104 Å². The number of methoxy groups -OCH3 is 1. The highest BCUT2D eigenvalue weighted by atomic mass is 19.1. The molecule has 0 radical (unpaired) electrons. The largest absolute Gasteiger partial charge is 0.494 e. The smallest absolute Gasteiger partial charge is 0.321 e. The van der Waals surface area contributed by atoms with E-state index >= 15 is 0 Å². The van der Waals surface area contributed by atoms with E-state index in [-0.39, 0.29) is 5.75 Å². The Balaban J connectivity index is 2.23. The van der Waals surface area contributed by atoms with Crippen LogP contribution in [0.1, 0.15) is 13.3 Å². The molecule has 0 bridgehead atoms. The van der Waals surface area contributed by atoms with Crippen LogP contribution in [0.5, 0.6) is 5.75 Å². The van der Waals surface area contributed by atoms with Crippen molar-refractivity contribution in [2.24, 2.45) is 0 Å². The quantitative estimate of drug-likeness (QED) is 0.885. The molecule has 0 unspecified atom stereocenters. The summed E-state index contributed by atoms with van der Waals surface area (Å²) in [6, 6.07) is 4.77. The summed E-state index contributed by atoms with van der Waals surface area (Å²) in [5.74, 6) is 0.126. The van der Waals surface area contributed by atoms with Gasteiger partial charge in [0.25, 0.3) is 0 Å². The van der Waals surface area contributed by atoms with Crippen LogP contribution in [-0.2, 0) is 0 Å². The van der Waals surface area contributed by atoms with Crippen LogP contribution >= 0.6 is 0 Å². The first-order valence-corrected chi connectivity index (χ1v) is 5.66. The average molecular weight is 251 g/mol. The number of nitrogens with one attached hydrogen (secondary N) is 1. The number of nitrogens with zero attached hydrogens (tertiary/aromatic N) is 2. The standard InChI is InChI=1S/C12H14FN3O2/c1-3-6-14-12-15-11(16-18-12)8-4-5-9(13)10(7-8)17-2/h4-5,7H,3,6H2,1-2H3,(H,14,15,16). The van der Waals surface area contributed by atoms with Crippen molar-refractivity contribution in [1.29, 1.82) is 0 Å². The second-order valence-electron chi connectivity index (χ2n) is 3.70. The van der Waals surface area contributed by atoms with Crippen LogP contribution in [0.4, 0.5) is 10.4 Å². The molecule has 2 aromatic rings. The van der Waals surface area contributed by atoms with Crippen LogP contribution in [0.2, 0.25) is 0 Å². The van der Waals surface area contributed by atoms with Crippen LogP contribution in [0, 0.1) is 5.82 Å². The molecular formula is C12H14FN3O2. The monoisotopic (exact) mass is 251 g/mol. The summed E-state index contributed by atoms with van der Waals surface area (Å²) >= 11 is 0. The Hall–Kier alpha value is -2.11. The first-order chi connectivity index (χ1) is 8.74. The van der Waals surface area contributed by atoms with Gasteiger partial charge in [0.05, 0.1) is 7.11 Å². The van der Waals surface area contributed by atoms with Crippen molar-refractivity contribution >= 4 is 6.01 Å². The van der Waals surface area contributed by atoms with E-state index in [1.165, 1.54) is 19.2 Å². The van der Waals surface area contributed by atoms with E-state index in [0.29, 0.717) is 17.4 Å². The second kappa shape index (κ2) is 5.48. The van der Waals surface area contributed by atoms with Crippen LogP contribution < -0.4 is 10.1 Å². The molecule has 5 nitrogen and oxygen atoms in total. The molecule has 0 spiro atoms. The summed E-state index contributed by atoms with van der Waals surface area (Å²) in [6.07, 6.45) is 0.960. The summed E-state index contributed by atoms with van der Waals surface area (Å²) in [5.41, 5.74) is 0.640. The van der Waals surface area contributed by atoms with Crippen LogP contribution in [0.15, 0.2) is 22.7 Å². The minimum atomic E-state index is -0.422. The number of benzene rings is 1. The molecule has 96 valence electrons. The van der Waals surface area contributed by atoms with Gasteiger partial charge < -0.3 is 14.6 Å². The first kappa shape index (κ1) is 12.3. The molecule has 0 saturated heterocycles. The lowest BCUT2D eigenvalue weighted by Crippen LogP contribution is -1.99. The van der Waals surface area contributed by atoms with Crippen LogP contribution in [-0.4, -0.2) is 23.8 Å². The first-order valence-electron chi connectivity index (χ1n) is 5.66. The zero-order valence-corrected chi connectivity index (χ0v) is 10.2. The predicted octanol–water partition coefficient (Wildman–Crippen LogP) is 2.71. The van der Waals surface area contributed by atoms with Crippen molar-refractivity contribution in [2.75, 3.05) is 19.0 Å². The number of rotatable bonds is 5. The number of ether oxygens (including phenoxy) is 1. The maximum absolute atomic E-state index is 13.3. The number of anilines is 1. The van der Waals surface area contributed by atoms with Gasteiger partial charge in [-0.15, -0.1) is 0 Å². The molecule has 2 rings (SSSR count). The maximum atomic E-state index is 13.3. The van der Waals surface area contributed by atoms with Crippen molar-refractivity contribution in [3.05, 3.63) is 24.0 Å². The fourth-order valence-corrected chi connectivity index (χ4v) is 1.44. The van der Waals surface area contributed by atoms with Gasteiger partial charge >= 0.3 is 6.01 Å². The van der Waals surface area contributed by atoms with E-state index in [4.69, 9.17) is 9.26 Å². The number of hydrogen-bond acceptors (Lipinski definition) is 5. The van der Waals surface area contributed by atoms with E-state index in [1.54, 1.807) is 6.07 Å². The van der Waals surface area contributed by atoms with Gasteiger partial charge in [0.15, 0.2) is 11.6 Å². The summed E-state index contributed by atoms with van der Waals surface area (Å²) in [5, 5.41) is 6.80. The van der Waals surface area contributed by atoms with Crippen molar-refractivity contribution < 1.29 is 13.7 Å². The highest BCUT2D eigenvalue weighted by molar-refractivity contribution is 5.58. The topological polar surface area (TPSA) is 60.2 Å². The molecule has 1 heterocycles. The molecule has 1 aromatic carbocycles. The van der Waals surface area contributed by atoms with E-state index in [1.807, 2.05) is 6.92 Å². The van der Waals surface area contributed by atoms with Crippen molar-refractivity contribution in [3.63, 3.8) is 0 Å². The van der Waals surface area contributed by atoms with E-state index in [0.717, 1.165) is 13.0 Å². The molecular weight excluding hydrogens is 237 g/mol. The highest BCUT2D eigenvalue weighted by Crippen LogP contribution is 2.25. The molecule has 0 amide bonds. The zero-order valence-electron chi connectivity index (χ0n) is 10.2. The molecule has 1 aromatic heterocycles. The average Bonchev–Trinajstić information content (AvgIpc) is 2.85. The molecule has 0 aliphatic rings. The normalized spacial score (nSPS) is 10.4. The highest BCUT2D eigenvalue weighted by Gasteiger charge is 2.11. The Bertz CT molecular complexity index is 528. The molecule has 18 heavy (non-hydrogen) atoms. The third-order valence-corrected chi connectivity index (χ3v) is 2.36. The Morgan fingerprint density at radius 2 is 2.28 bits per heavy atom. The van der Waals surface area contributed by atoms with Crippen LogP contribution in [0.25, 0.3) is 11.4 Å². The van der Waals surface area contributed by atoms with Crippen molar-refractivity contribution in [2.45, 2.75) is 13.3 Å². The zero-order chi connectivity index (χ0) is 13.0. The fourth-order valence-electron chi connectivity index (χ4n) is 1.44. The molecule has 6 heteroatoms. The van der Waals surface area contributed by atoms with Gasteiger partial charge in [-0.2, -0.15) is 4.98 Å². The molecule has 0 aliphatic heterocycles. The molecule has 0 atom stereocenters. The lowest BCUT2D eigenvalue weighted by atomic mass is 10.2. The summed E-state index contributed by atoms with van der Waals surface area (Å²) < 4.78 is 23.2. The second-order valence-corrected chi connectivity index (χ2v) is 3.70. The van der Waals surface area contributed by atoms with Gasteiger partial charge in [-0.1, -0.05) is 12.1 Å². The number of aromatic nitrogens is 2. The third kappa shape index (κ3) is 2.58. The molecule has 0 fully saturated rings. The van der Waals surface area contributed by atoms with Crippen LogP contribution in [0.3, 0.4) is 0 Å². The number of halogens is 1. The maximum Gasteiger partial charge on any atom is 0.321 e. The van der Waals surface area contributed by atoms with Gasteiger partial charge in [-0.05, 0) is 24.6 Å². The fraction of sp³-hybridized carbons (Fsp3) is 0.333. The van der Waals surface area contributed by atoms with Gasteiger partial charge in [-0.3, -0.25) is 0 Å². The molecule has 1 N–H and O–H groups in total. The van der Waals surface area contributed by atoms with Gasteiger partial charge in [0.1, 0.15) is 0 Å². The lowest BCUT2D eigenvalue weighted by Gasteiger charge is -2.02.